The summed E-state index contributed by atoms with van der Waals surface area (Å²) < 4.78 is 2.01. The second-order valence-corrected chi connectivity index (χ2v) is 6.31. The highest BCUT2D eigenvalue weighted by Gasteiger charge is 2.09. The highest BCUT2D eigenvalue weighted by atomic mass is 32.1. The zero-order valence-corrected chi connectivity index (χ0v) is 13.0. The van der Waals surface area contributed by atoms with Crippen LogP contribution in [0.4, 0.5) is 0 Å². The lowest BCUT2D eigenvalue weighted by atomic mass is 10.2. The molecule has 4 nitrogen and oxygen atoms in total. The molecule has 1 amide bonds. The predicted molar refractivity (Wildman–Crippen MR) is 81.9 cm³/mol. The second-order valence-electron chi connectivity index (χ2n) is 5.27. The van der Waals surface area contributed by atoms with Crippen molar-refractivity contribution in [3.8, 4) is 0 Å². The van der Waals surface area contributed by atoms with Gasteiger partial charge in [0, 0.05) is 23.7 Å². The van der Waals surface area contributed by atoms with Gasteiger partial charge in [0.05, 0.1) is 12.1 Å². The number of hydrogen-bond donors (Lipinski definition) is 1. The Kier molecular flexibility index (Phi) is 4.95. The van der Waals surface area contributed by atoms with Crippen LogP contribution in [0.25, 0.3) is 0 Å². The maximum atomic E-state index is 11.8. The first-order chi connectivity index (χ1) is 9.54. The molecular formula is C15H21N3OS. The minimum absolute atomic E-state index is 0.0904. The predicted octanol–water partition coefficient (Wildman–Crippen LogP) is 2.56. The third-order valence-electron chi connectivity index (χ3n) is 3.15. The van der Waals surface area contributed by atoms with Crippen molar-refractivity contribution in [2.45, 2.75) is 33.7 Å². The molecule has 0 aromatic carbocycles. The molecule has 0 aliphatic carbocycles. The summed E-state index contributed by atoms with van der Waals surface area (Å²) in [5.41, 5.74) is 2.20. The Bertz CT molecular complexity index is 560. The van der Waals surface area contributed by atoms with E-state index in [2.05, 4.69) is 30.3 Å². The van der Waals surface area contributed by atoms with Crippen LogP contribution < -0.4 is 5.32 Å². The van der Waals surface area contributed by atoms with Gasteiger partial charge in [-0.1, -0.05) is 13.0 Å². The van der Waals surface area contributed by atoms with Gasteiger partial charge in [0.15, 0.2) is 0 Å². The lowest BCUT2D eigenvalue weighted by Gasteiger charge is -2.13. The molecule has 1 atom stereocenters. The number of thiophene rings is 1. The van der Waals surface area contributed by atoms with E-state index in [0.717, 1.165) is 17.1 Å². The third-order valence-corrected chi connectivity index (χ3v) is 4.03. The molecule has 0 saturated carbocycles. The smallest absolute Gasteiger partial charge is 0.225 e. The SMILES string of the molecule is Cc1cc(C)n(C[C@H](C)CNC(=O)Cc2cccs2)n1. The minimum Gasteiger partial charge on any atom is -0.355 e. The first kappa shape index (κ1) is 14.8. The van der Waals surface area contributed by atoms with Crippen LogP contribution >= 0.6 is 11.3 Å². The van der Waals surface area contributed by atoms with Crippen molar-refractivity contribution in [3.63, 3.8) is 0 Å². The molecule has 0 bridgehead atoms. The average molecular weight is 291 g/mol. The molecule has 0 aliphatic rings. The molecule has 5 heteroatoms. The Morgan fingerprint density at radius 1 is 1.50 bits per heavy atom. The van der Waals surface area contributed by atoms with Crippen molar-refractivity contribution < 1.29 is 4.79 Å². The number of carbonyl (C=O) groups excluding carboxylic acids is 1. The second kappa shape index (κ2) is 6.70. The molecule has 2 rings (SSSR count). The minimum atomic E-state index is 0.0904. The van der Waals surface area contributed by atoms with Crippen molar-refractivity contribution in [2.24, 2.45) is 5.92 Å². The maximum Gasteiger partial charge on any atom is 0.225 e. The largest absolute Gasteiger partial charge is 0.355 e. The average Bonchev–Trinajstić information content (AvgIpc) is 2.98. The van der Waals surface area contributed by atoms with Crippen molar-refractivity contribution in [3.05, 3.63) is 39.8 Å². The van der Waals surface area contributed by atoms with Gasteiger partial charge in [-0.05, 0) is 37.3 Å². The van der Waals surface area contributed by atoms with Gasteiger partial charge >= 0.3 is 0 Å². The van der Waals surface area contributed by atoms with E-state index in [0.29, 0.717) is 18.9 Å². The standard InChI is InChI=1S/C15H21N3OS/c1-11(10-18-13(3)7-12(2)17-18)9-16-15(19)8-14-5-4-6-20-14/h4-7,11H,8-10H2,1-3H3,(H,16,19)/t11-/m1/s1. The van der Waals surface area contributed by atoms with E-state index in [1.165, 1.54) is 5.69 Å². The first-order valence-corrected chi connectivity index (χ1v) is 7.72. The molecule has 2 aromatic heterocycles. The van der Waals surface area contributed by atoms with E-state index in [1.54, 1.807) is 11.3 Å². The van der Waals surface area contributed by atoms with Crippen LogP contribution in [0.3, 0.4) is 0 Å². The fourth-order valence-corrected chi connectivity index (χ4v) is 2.85. The molecule has 0 spiro atoms. The van der Waals surface area contributed by atoms with Gasteiger partial charge in [0.1, 0.15) is 0 Å². The summed E-state index contributed by atoms with van der Waals surface area (Å²) in [5, 5.41) is 9.43. The van der Waals surface area contributed by atoms with Gasteiger partial charge in [-0.3, -0.25) is 9.48 Å². The Morgan fingerprint density at radius 3 is 2.90 bits per heavy atom. The first-order valence-electron chi connectivity index (χ1n) is 6.84. The number of rotatable bonds is 6. The normalized spacial score (nSPS) is 12.3. The van der Waals surface area contributed by atoms with Crippen LogP contribution in [0.2, 0.25) is 0 Å². The van der Waals surface area contributed by atoms with Crippen molar-refractivity contribution in [2.75, 3.05) is 6.54 Å². The Balaban J connectivity index is 1.76. The topological polar surface area (TPSA) is 46.9 Å². The van der Waals surface area contributed by atoms with Gasteiger partial charge in [-0.25, -0.2) is 0 Å². The van der Waals surface area contributed by atoms with Crippen molar-refractivity contribution >= 4 is 17.2 Å². The number of nitrogens with one attached hydrogen (secondary N) is 1. The third kappa shape index (κ3) is 4.20. The maximum absolute atomic E-state index is 11.8. The Hall–Kier alpha value is -1.62. The van der Waals surface area contributed by atoms with Gasteiger partial charge in [-0.15, -0.1) is 11.3 Å². The van der Waals surface area contributed by atoms with Gasteiger partial charge in [0.2, 0.25) is 5.91 Å². The highest BCUT2D eigenvalue weighted by molar-refractivity contribution is 7.10. The summed E-state index contributed by atoms with van der Waals surface area (Å²) in [6, 6.07) is 6.03. The van der Waals surface area contributed by atoms with Gasteiger partial charge in [0.25, 0.3) is 0 Å². The lowest BCUT2D eigenvalue weighted by Crippen LogP contribution is -2.31. The Labute approximate surface area is 123 Å². The molecule has 0 saturated heterocycles. The summed E-state index contributed by atoms with van der Waals surface area (Å²) in [4.78, 5) is 12.9. The van der Waals surface area contributed by atoms with Crippen LogP contribution in [-0.2, 0) is 17.8 Å². The molecule has 0 radical (unpaired) electrons. The van der Waals surface area contributed by atoms with E-state index >= 15 is 0 Å². The number of amides is 1. The van der Waals surface area contributed by atoms with E-state index in [4.69, 9.17) is 0 Å². The lowest BCUT2D eigenvalue weighted by molar-refractivity contribution is -0.120. The zero-order chi connectivity index (χ0) is 14.5. The van der Waals surface area contributed by atoms with Gasteiger partial charge in [-0.2, -0.15) is 5.10 Å². The molecule has 0 aliphatic heterocycles. The quantitative estimate of drug-likeness (QED) is 0.889. The van der Waals surface area contributed by atoms with Crippen LogP contribution in [0.5, 0.6) is 0 Å². The van der Waals surface area contributed by atoms with Gasteiger partial charge < -0.3 is 5.32 Å². The van der Waals surface area contributed by atoms with Crippen molar-refractivity contribution in [1.29, 1.82) is 0 Å². The van der Waals surface area contributed by atoms with Crippen molar-refractivity contribution in [1.82, 2.24) is 15.1 Å². The molecule has 1 N–H and O–H groups in total. The molecule has 0 fully saturated rings. The molecule has 20 heavy (non-hydrogen) atoms. The summed E-state index contributed by atoms with van der Waals surface area (Å²) in [5.74, 6) is 0.452. The van der Waals surface area contributed by atoms with E-state index < -0.39 is 0 Å². The highest BCUT2D eigenvalue weighted by Crippen LogP contribution is 2.09. The summed E-state index contributed by atoms with van der Waals surface area (Å²) >= 11 is 1.62. The fraction of sp³-hybridized carbons (Fsp3) is 0.467. The number of aromatic nitrogens is 2. The monoisotopic (exact) mass is 291 g/mol. The zero-order valence-electron chi connectivity index (χ0n) is 12.2. The summed E-state index contributed by atoms with van der Waals surface area (Å²) in [6.45, 7) is 7.70. The summed E-state index contributed by atoms with van der Waals surface area (Å²) in [7, 11) is 0. The summed E-state index contributed by atoms with van der Waals surface area (Å²) in [6.07, 6.45) is 0.476. The van der Waals surface area contributed by atoms with Crippen LogP contribution in [0.1, 0.15) is 23.2 Å². The number of carbonyl (C=O) groups is 1. The number of aryl methyl sites for hydroxylation is 2. The molecule has 2 heterocycles. The van der Waals surface area contributed by atoms with E-state index in [9.17, 15) is 4.79 Å². The van der Waals surface area contributed by atoms with E-state index in [-0.39, 0.29) is 5.91 Å². The number of nitrogens with zero attached hydrogens (tertiary/aromatic N) is 2. The Morgan fingerprint density at radius 2 is 2.30 bits per heavy atom. The molecular weight excluding hydrogens is 270 g/mol. The van der Waals surface area contributed by atoms with Crippen LogP contribution in [0.15, 0.2) is 23.6 Å². The van der Waals surface area contributed by atoms with Crippen LogP contribution in [0, 0.1) is 19.8 Å². The van der Waals surface area contributed by atoms with Crippen LogP contribution in [-0.4, -0.2) is 22.2 Å². The number of hydrogen-bond acceptors (Lipinski definition) is 3. The van der Waals surface area contributed by atoms with E-state index in [1.807, 2.05) is 29.1 Å². The molecule has 0 unspecified atom stereocenters. The molecule has 108 valence electrons. The molecule has 2 aromatic rings. The fourth-order valence-electron chi connectivity index (χ4n) is 2.14.